The number of aromatic nitrogens is 1. The van der Waals surface area contributed by atoms with Crippen LogP contribution in [0.2, 0.25) is 0 Å². The number of aromatic hydroxyl groups is 1. The Hall–Kier alpha value is -1.82. The lowest BCUT2D eigenvalue weighted by molar-refractivity contribution is 0.0958. The Labute approximate surface area is 101 Å². The fourth-order valence-corrected chi connectivity index (χ4v) is 2.80. The van der Waals surface area contributed by atoms with Crippen LogP contribution in [0.15, 0.2) is 10.2 Å². The molecule has 0 aromatic carbocycles. The Kier molecular flexibility index (Phi) is 2.66. The van der Waals surface area contributed by atoms with Crippen LogP contribution in [-0.4, -0.2) is 22.6 Å². The number of carbonyl (C=O) groups is 1. The maximum Gasteiger partial charge on any atom is 0.268 e. The van der Waals surface area contributed by atoms with Gasteiger partial charge in [-0.3, -0.25) is 9.59 Å². The fourth-order valence-electron chi connectivity index (χ4n) is 1.78. The summed E-state index contributed by atoms with van der Waals surface area (Å²) in [5.74, 6) is -0.809. The minimum atomic E-state index is -0.574. The zero-order valence-corrected chi connectivity index (χ0v) is 10.5. The number of pyridine rings is 1. The van der Waals surface area contributed by atoms with Gasteiger partial charge in [0.1, 0.15) is 16.1 Å². The van der Waals surface area contributed by atoms with Crippen molar-refractivity contribution < 1.29 is 9.90 Å². The summed E-state index contributed by atoms with van der Waals surface area (Å²) in [6.07, 6.45) is 0. The van der Waals surface area contributed by atoms with E-state index >= 15 is 0 Å². The molecule has 2 rings (SSSR count). The van der Waals surface area contributed by atoms with Gasteiger partial charge < -0.3 is 15.0 Å². The van der Waals surface area contributed by atoms with Crippen LogP contribution in [0, 0.1) is 6.92 Å². The van der Waals surface area contributed by atoms with Crippen LogP contribution < -0.4 is 10.9 Å². The van der Waals surface area contributed by atoms with Crippen molar-refractivity contribution in [3.05, 3.63) is 26.9 Å². The molecule has 2 N–H and O–H groups in total. The molecule has 2 aromatic rings. The van der Waals surface area contributed by atoms with E-state index in [1.54, 1.807) is 7.05 Å². The third-order valence-corrected chi connectivity index (χ3v) is 3.88. The second-order valence-corrected chi connectivity index (χ2v) is 4.62. The van der Waals surface area contributed by atoms with E-state index in [0.29, 0.717) is 10.2 Å². The van der Waals surface area contributed by atoms with Crippen molar-refractivity contribution >= 4 is 27.5 Å². The van der Waals surface area contributed by atoms with Crippen molar-refractivity contribution in [2.75, 3.05) is 7.05 Å². The lowest BCUT2D eigenvalue weighted by Gasteiger charge is -2.08. The van der Waals surface area contributed by atoms with Crippen molar-refractivity contribution in [1.29, 1.82) is 0 Å². The quantitative estimate of drug-likeness (QED) is 0.794. The number of rotatable bonds is 1. The number of hydrogen-bond acceptors (Lipinski definition) is 4. The molecule has 1 amide bonds. The molecule has 2 heterocycles. The molecule has 0 atom stereocenters. The van der Waals surface area contributed by atoms with E-state index in [1.165, 1.54) is 23.0 Å². The molecule has 6 heteroatoms. The van der Waals surface area contributed by atoms with E-state index in [-0.39, 0.29) is 11.3 Å². The normalized spacial score (nSPS) is 10.8. The molecule has 0 saturated carbocycles. The zero-order chi connectivity index (χ0) is 12.7. The Balaban J connectivity index is 2.99. The first-order chi connectivity index (χ1) is 7.99. The van der Waals surface area contributed by atoms with E-state index in [2.05, 4.69) is 5.32 Å². The van der Waals surface area contributed by atoms with Gasteiger partial charge in [0.25, 0.3) is 11.5 Å². The van der Waals surface area contributed by atoms with Crippen LogP contribution in [0.4, 0.5) is 0 Å². The van der Waals surface area contributed by atoms with Gasteiger partial charge in [0.2, 0.25) is 0 Å². The lowest BCUT2D eigenvalue weighted by Crippen LogP contribution is -2.30. The Morgan fingerprint density at radius 2 is 2.18 bits per heavy atom. The van der Waals surface area contributed by atoms with Gasteiger partial charge in [-0.05, 0) is 17.9 Å². The van der Waals surface area contributed by atoms with Crippen LogP contribution in [0.25, 0.3) is 10.2 Å². The maximum atomic E-state index is 12.0. The van der Waals surface area contributed by atoms with E-state index in [9.17, 15) is 14.7 Å². The van der Waals surface area contributed by atoms with Crippen molar-refractivity contribution in [2.45, 2.75) is 6.92 Å². The van der Waals surface area contributed by atoms with Crippen LogP contribution >= 0.6 is 11.3 Å². The Bertz CT molecular complexity index is 669. The molecular weight excluding hydrogens is 240 g/mol. The van der Waals surface area contributed by atoms with Gasteiger partial charge in [-0.2, -0.15) is 0 Å². The molecule has 90 valence electrons. The summed E-state index contributed by atoms with van der Waals surface area (Å²) in [4.78, 5) is 24.2. The smallest absolute Gasteiger partial charge is 0.268 e. The number of thiophene rings is 1. The first-order valence-corrected chi connectivity index (χ1v) is 5.88. The average molecular weight is 252 g/mol. The molecule has 0 spiro atoms. The molecule has 0 aliphatic heterocycles. The standard InChI is InChI=1S/C11H12N2O3S/c1-5-4-17-11-6(5)8(14)7(9(15)12-2)10(16)13(11)3/h4,14H,1-3H3,(H,12,15). The molecule has 0 bridgehead atoms. The monoisotopic (exact) mass is 252 g/mol. The van der Waals surface area contributed by atoms with Gasteiger partial charge in [-0.15, -0.1) is 11.3 Å². The number of amides is 1. The minimum Gasteiger partial charge on any atom is -0.506 e. The summed E-state index contributed by atoms with van der Waals surface area (Å²) in [7, 11) is 3.01. The third kappa shape index (κ3) is 1.52. The van der Waals surface area contributed by atoms with Gasteiger partial charge in [0.15, 0.2) is 0 Å². The van der Waals surface area contributed by atoms with Crippen LogP contribution in [0.5, 0.6) is 5.75 Å². The summed E-state index contributed by atoms with van der Waals surface area (Å²) in [5.41, 5.74) is 0.156. The lowest BCUT2D eigenvalue weighted by atomic mass is 10.1. The second kappa shape index (κ2) is 3.89. The highest BCUT2D eigenvalue weighted by molar-refractivity contribution is 7.17. The topological polar surface area (TPSA) is 71.3 Å². The number of nitrogens with zero attached hydrogens (tertiary/aromatic N) is 1. The van der Waals surface area contributed by atoms with Crippen molar-refractivity contribution in [3.8, 4) is 5.75 Å². The van der Waals surface area contributed by atoms with Gasteiger partial charge >= 0.3 is 0 Å². The summed E-state index contributed by atoms with van der Waals surface area (Å²) < 4.78 is 1.39. The summed E-state index contributed by atoms with van der Waals surface area (Å²) in [6, 6.07) is 0. The highest BCUT2D eigenvalue weighted by atomic mass is 32.1. The number of nitrogens with one attached hydrogen (secondary N) is 1. The molecule has 0 unspecified atom stereocenters. The molecule has 0 radical (unpaired) electrons. The van der Waals surface area contributed by atoms with Gasteiger partial charge in [0, 0.05) is 14.1 Å². The van der Waals surface area contributed by atoms with Crippen molar-refractivity contribution in [3.63, 3.8) is 0 Å². The zero-order valence-electron chi connectivity index (χ0n) is 9.70. The van der Waals surface area contributed by atoms with E-state index in [1.807, 2.05) is 12.3 Å². The van der Waals surface area contributed by atoms with E-state index < -0.39 is 11.5 Å². The Morgan fingerprint density at radius 3 is 2.76 bits per heavy atom. The molecule has 0 fully saturated rings. The third-order valence-electron chi connectivity index (χ3n) is 2.71. The van der Waals surface area contributed by atoms with Crippen LogP contribution in [0.1, 0.15) is 15.9 Å². The van der Waals surface area contributed by atoms with Crippen LogP contribution in [0.3, 0.4) is 0 Å². The molecule has 5 nitrogen and oxygen atoms in total. The Morgan fingerprint density at radius 1 is 1.53 bits per heavy atom. The average Bonchev–Trinajstić information content (AvgIpc) is 2.68. The predicted molar refractivity (Wildman–Crippen MR) is 66.9 cm³/mol. The first kappa shape index (κ1) is 11.7. The van der Waals surface area contributed by atoms with Gasteiger partial charge in [-0.1, -0.05) is 0 Å². The second-order valence-electron chi connectivity index (χ2n) is 3.77. The van der Waals surface area contributed by atoms with Crippen molar-refractivity contribution in [1.82, 2.24) is 9.88 Å². The predicted octanol–water partition coefficient (Wildman–Crippen LogP) is 0.974. The molecule has 2 aromatic heterocycles. The fraction of sp³-hybridized carbons (Fsp3) is 0.273. The van der Waals surface area contributed by atoms with Gasteiger partial charge in [0.05, 0.1) is 5.39 Å². The number of aryl methyl sites for hydroxylation is 2. The van der Waals surface area contributed by atoms with Crippen molar-refractivity contribution in [2.24, 2.45) is 7.05 Å². The number of carbonyl (C=O) groups excluding carboxylic acids is 1. The molecule has 0 saturated heterocycles. The maximum absolute atomic E-state index is 12.0. The van der Waals surface area contributed by atoms with Crippen LogP contribution in [-0.2, 0) is 7.05 Å². The molecule has 0 aliphatic carbocycles. The largest absolute Gasteiger partial charge is 0.506 e. The minimum absolute atomic E-state index is 0.205. The number of fused-ring (bicyclic) bond motifs is 1. The molecular formula is C11H12N2O3S. The van der Waals surface area contributed by atoms with E-state index in [4.69, 9.17) is 0 Å². The highest BCUT2D eigenvalue weighted by Gasteiger charge is 2.21. The number of hydrogen-bond donors (Lipinski definition) is 2. The highest BCUT2D eigenvalue weighted by Crippen LogP contribution is 2.33. The SMILES string of the molecule is CNC(=O)c1c(O)c2c(C)csc2n(C)c1=O. The summed E-state index contributed by atoms with van der Waals surface area (Å²) in [5, 5.41) is 14.8. The summed E-state index contributed by atoms with van der Waals surface area (Å²) >= 11 is 1.37. The van der Waals surface area contributed by atoms with E-state index in [0.717, 1.165) is 5.56 Å². The molecule has 17 heavy (non-hydrogen) atoms. The summed E-state index contributed by atoms with van der Waals surface area (Å²) in [6.45, 7) is 1.83. The van der Waals surface area contributed by atoms with Gasteiger partial charge in [-0.25, -0.2) is 0 Å². The first-order valence-electron chi connectivity index (χ1n) is 5.00. The molecule has 0 aliphatic rings.